The predicted molar refractivity (Wildman–Crippen MR) is 137 cm³/mol. The van der Waals surface area contributed by atoms with E-state index in [2.05, 4.69) is 93.1 Å². The SMILES string of the molecule is Ic1ccc2c(c1)C=C(N1CCN(Cc3ccc4c(c3)OCO4)CC1)c1ccccc1S2. The van der Waals surface area contributed by atoms with Crippen LogP contribution in [0.15, 0.2) is 70.5 Å². The summed E-state index contributed by atoms with van der Waals surface area (Å²) in [7, 11) is 0. The maximum Gasteiger partial charge on any atom is 0.231 e. The van der Waals surface area contributed by atoms with Crippen LogP contribution in [0.4, 0.5) is 0 Å². The number of benzene rings is 3. The van der Waals surface area contributed by atoms with Crippen LogP contribution in [0.5, 0.6) is 11.5 Å². The standard InChI is InChI=1S/C26H23IN2O2S/c27-20-6-8-25-19(14-20)15-22(21-3-1-2-4-26(21)32-25)29-11-9-28(10-12-29)16-18-5-7-23-24(13-18)31-17-30-23/h1-8,13-15H,9-12,16-17H2. The number of halogens is 1. The van der Waals surface area contributed by atoms with E-state index in [1.165, 1.54) is 35.7 Å². The van der Waals surface area contributed by atoms with Gasteiger partial charge in [0.05, 0.1) is 0 Å². The van der Waals surface area contributed by atoms with Gasteiger partial charge in [-0.25, -0.2) is 0 Å². The minimum Gasteiger partial charge on any atom is -0.454 e. The van der Waals surface area contributed by atoms with Gasteiger partial charge in [0.2, 0.25) is 6.79 Å². The van der Waals surface area contributed by atoms with Crippen LogP contribution < -0.4 is 9.47 Å². The molecule has 0 saturated carbocycles. The van der Waals surface area contributed by atoms with Crippen molar-refractivity contribution in [2.45, 2.75) is 16.3 Å². The van der Waals surface area contributed by atoms with Crippen LogP contribution in [0.3, 0.4) is 0 Å². The van der Waals surface area contributed by atoms with Gasteiger partial charge >= 0.3 is 0 Å². The molecule has 0 N–H and O–H groups in total. The van der Waals surface area contributed by atoms with E-state index in [0.717, 1.165) is 44.2 Å². The van der Waals surface area contributed by atoms with E-state index in [0.29, 0.717) is 6.79 Å². The molecular formula is C26H23IN2O2S. The molecule has 4 nitrogen and oxygen atoms in total. The summed E-state index contributed by atoms with van der Waals surface area (Å²) >= 11 is 4.29. The van der Waals surface area contributed by atoms with Crippen molar-refractivity contribution in [1.82, 2.24) is 9.80 Å². The zero-order valence-corrected chi connectivity index (χ0v) is 20.6. The molecule has 1 saturated heterocycles. The Hall–Kier alpha value is -2.16. The third-order valence-electron chi connectivity index (χ3n) is 6.20. The summed E-state index contributed by atoms with van der Waals surface area (Å²) in [4.78, 5) is 7.75. The normalized spacial score (nSPS) is 17.4. The van der Waals surface area contributed by atoms with Crippen molar-refractivity contribution >= 4 is 46.1 Å². The predicted octanol–water partition coefficient (Wildman–Crippen LogP) is 5.80. The van der Waals surface area contributed by atoms with E-state index < -0.39 is 0 Å². The fourth-order valence-corrected chi connectivity index (χ4v) is 6.10. The lowest BCUT2D eigenvalue weighted by Crippen LogP contribution is -2.44. The second kappa shape index (κ2) is 8.65. The smallest absolute Gasteiger partial charge is 0.231 e. The van der Waals surface area contributed by atoms with Gasteiger partial charge in [-0.05, 0) is 76.2 Å². The summed E-state index contributed by atoms with van der Waals surface area (Å²) in [6.07, 6.45) is 2.39. The Morgan fingerprint density at radius 3 is 2.59 bits per heavy atom. The van der Waals surface area contributed by atoms with Gasteiger partial charge in [-0.15, -0.1) is 0 Å². The van der Waals surface area contributed by atoms with Crippen molar-refractivity contribution < 1.29 is 9.47 Å². The molecule has 0 amide bonds. The molecule has 6 rings (SSSR count). The van der Waals surface area contributed by atoms with Crippen LogP contribution in [-0.2, 0) is 6.54 Å². The van der Waals surface area contributed by atoms with Crippen LogP contribution >= 0.6 is 34.4 Å². The highest BCUT2D eigenvalue weighted by Crippen LogP contribution is 2.42. The van der Waals surface area contributed by atoms with E-state index in [9.17, 15) is 0 Å². The van der Waals surface area contributed by atoms with E-state index >= 15 is 0 Å². The van der Waals surface area contributed by atoms with Crippen molar-refractivity contribution in [3.8, 4) is 11.5 Å². The first-order chi connectivity index (χ1) is 15.7. The molecule has 0 unspecified atom stereocenters. The summed E-state index contributed by atoms with van der Waals surface area (Å²) in [5, 5.41) is 0. The topological polar surface area (TPSA) is 24.9 Å². The van der Waals surface area contributed by atoms with Gasteiger partial charge in [-0.2, -0.15) is 0 Å². The maximum absolute atomic E-state index is 5.55. The first-order valence-electron chi connectivity index (χ1n) is 10.9. The van der Waals surface area contributed by atoms with Gasteiger partial charge in [-0.3, -0.25) is 4.90 Å². The van der Waals surface area contributed by atoms with Gasteiger partial charge in [0.25, 0.3) is 0 Å². The molecule has 3 aliphatic rings. The molecule has 162 valence electrons. The summed E-state index contributed by atoms with van der Waals surface area (Å²) in [5.41, 5.74) is 5.28. The second-order valence-electron chi connectivity index (χ2n) is 8.26. The zero-order valence-electron chi connectivity index (χ0n) is 17.6. The Bertz CT molecular complexity index is 1200. The molecule has 0 atom stereocenters. The number of fused-ring (bicyclic) bond motifs is 3. The van der Waals surface area contributed by atoms with E-state index in [-0.39, 0.29) is 0 Å². The van der Waals surface area contributed by atoms with Gasteiger partial charge in [0.15, 0.2) is 11.5 Å². The number of piperazine rings is 1. The zero-order chi connectivity index (χ0) is 21.5. The van der Waals surface area contributed by atoms with Crippen LogP contribution in [0.2, 0.25) is 0 Å². The molecule has 6 heteroatoms. The second-order valence-corrected chi connectivity index (χ2v) is 10.6. The lowest BCUT2D eigenvalue weighted by atomic mass is 10.1. The molecule has 3 heterocycles. The lowest BCUT2D eigenvalue weighted by molar-refractivity contribution is 0.168. The molecule has 3 aromatic rings. The monoisotopic (exact) mass is 554 g/mol. The lowest BCUT2D eigenvalue weighted by Gasteiger charge is -2.37. The van der Waals surface area contributed by atoms with Crippen LogP contribution in [0, 0.1) is 3.57 Å². The van der Waals surface area contributed by atoms with Gasteiger partial charge < -0.3 is 14.4 Å². The van der Waals surface area contributed by atoms with Crippen molar-refractivity contribution in [2.75, 3.05) is 33.0 Å². The Kier molecular flexibility index (Phi) is 5.53. The van der Waals surface area contributed by atoms with E-state index in [1.807, 2.05) is 17.8 Å². The van der Waals surface area contributed by atoms with Crippen molar-refractivity contribution in [3.05, 3.63) is 80.9 Å². The molecule has 0 aromatic heterocycles. The molecule has 0 radical (unpaired) electrons. The molecule has 32 heavy (non-hydrogen) atoms. The maximum atomic E-state index is 5.55. The first-order valence-corrected chi connectivity index (χ1v) is 12.8. The van der Waals surface area contributed by atoms with Crippen molar-refractivity contribution in [2.24, 2.45) is 0 Å². The Morgan fingerprint density at radius 1 is 0.844 bits per heavy atom. The summed E-state index contributed by atoms with van der Waals surface area (Å²) < 4.78 is 12.3. The van der Waals surface area contributed by atoms with Crippen molar-refractivity contribution in [1.29, 1.82) is 0 Å². The molecule has 3 aliphatic heterocycles. The number of ether oxygens (including phenoxy) is 2. The molecular weight excluding hydrogens is 531 g/mol. The summed E-state index contributed by atoms with van der Waals surface area (Å²) in [6.45, 7) is 5.40. The van der Waals surface area contributed by atoms with Gasteiger partial charge in [-0.1, -0.05) is 36.0 Å². The Balaban J connectivity index is 1.22. The number of hydrogen-bond acceptors (Lipinski definition) is 5. The molecule has 0 aliphatic carbocycles. The molecule has 0 spiro atoms. The quantitative estimate of drug-likeness (QED) is 0.382. The van der Waals surface area contributed by atoms with Crippen molar-refractivity contribution in [3.63, 3.8) is 0 Å². The average Bonchev–Trinajstić information content (AvgIpc) is 3.21. The number of nitrogens with zero attached hydrogens (tertiary/aromatic N) is 2. The fourth-order valence-electron chi connectivity index (χ4n) is 4.54. The highest BCUT2D eigenvalue weighted by atomic mass is 127. The van der Waals surface area contributed by atoms with E-state index in [1.54, 1.807) is 0 Å². The van der Waals surface area contributed by atoms with Crippen LogP contribution in [0.1, 0.15) is 16.7 Å². The highest BCUT2D eigenvalue weighted by molar-refractivity contribution is 14.1. The molecule has 0 bridgehead atoms. The number of hydrogen-bond donors (Lipinski definition) is 0. The Morgan fingerprint density at radius 2 is 1.69 bits per heavy atom. The Labute approximate surface area is 206 Å². The minimum absolute atomic E-state index is 0.328. The van der Waals surface area contributed by atoms with Gasteiger partial charge in [0.1, 0.15) is 0 Å². The third kappa shape index (κ3) is 4.00. The first kappa shape index (κ1) is 20.4. The largest absolute Gasteiger partial charge is 0.454 e. The average molecular weight is 554 g/mol. The minimum atomic E-state index is 0.328. The summed E-state index contributed by atoms with van der Waals surface area (Å²) in [6, 6.07) is 21.9. The highest BCUT2D eigenvalue weighted by Gasteiger charge is 2.24. The number of rotatable bonds is 3. The van der Waals surface area contributed by atoms with Crippen LogP contribution in [-0.4, -0.2) is 42.8 Å². The molecule has 1 fully saturated rings. The third-order valence-corrected chi connectivity index (χ3v) is 8.04. The fraction of sp³-hybridized carbons (Fsp3) is 0.231. The van der Waals surface area contributed by atoms with Gasteiger partial charge in [0, 0.05) is 57.3 Å². The van der Waals surface area contributed by atoms with E-state index in [4.69, 9.17) is 9.47 Å². The van der Waals surface area contributed by atoms with Crippen LogP contribution in [0.25, 0.3) is 11.8 Å². The molecule has 3 aromatic carbocycles. The summed E-state index contributed by atoms with van der Waals surface area (Å²) in [5.74, 6) is 1.72.